The zero-order valence-corrected chi connectivity index (χ0v) is 15.3. The van der Waals surface area contributed by atoms with E-state index in [4.69, 9.17) is 16.0 Å². The molecule has 0 radical (unpaired) electrons. The van der Waals surface area contributed by atoms with E-state index in [1.165, 1.54) is 24.3 Å². The van der Waals surface area contributed by atoms with E-state index in [9.17, 15) is 22.4 Å². The van der Waals surface area contributed by atoms with Gasteiger partial charge in [-0.15, -0.1) is 10.2 Å². The van der Waals surface area contributed by atoms with Gasteiger partial charge in [0, 0.05) is 5.69 Å². The van der Waals surface area contributed by atoms with Gasteiger partial charge in [-0.2, -0.15) is 13.2 Å². The molecular weight excluding hydrogens is 422 g/mol. The standard InChI is InChI=1S/C17H10ClF4N3O2S/c18-12-6-5-9(7-11(12)17(20,21)22)23-14(26)8-28-16-25-24-15(27-16)10-3-1-2-4-13(10)19/h1-7H,8H2,(H,23,26). The third-order valence-corrected chi connectivity index (χ3v) is 4.54. The van der Waals surface area contributed by atoms with Crippen LogP contribution in [0.3, 0.4) is 0 Å². The molecule has 2 aromatic carbocycles. The lowest BCUT2D eigenvalue weighted by Crippen LogP contribution is -2.15. The lowest BCUT2D eigenvalue weighted by atomic mass is 10.2. The summed E-state index contributed by atoms with van der Waals surface area (Å²) in [6.45, 7) is 0. The van der Waals surface area contributed by atoms with Crippen molar-refractivity contribution < 1.29 is 26.8 Å². The molecular formula is C17H10ClF4N3O2S. The summed E-state index contributed by atoms with van der Waals surface area (Å²) in [5, 5.41) is 9.29. The van der Waals surface area contributed by atoms with E-state index in [2.05, 4.69) is 15.5 Å². The molecule has 0 fully saturated rings. The minimum atomic E-state index is -4.64. The minimum absolute atomic E-state index is 0.0143. The van der Waals surface area contributed by atoms with Gasteiger partial charge in [-0.05, 0) is 30.3 Å². The number of nitrogens with one attached hydrogen (secondary N) is 1. The maximum atomic E-state index is 13.7. The number of aromatic nitrogens is 2. The topological polar surface area (TPSA) is 68.0 Å². The molecule has 146 valence electrons. The highest BCUT2D eigenvalue weighted by Crippen LogP contribution is 2.36. The molecule has 0 aliphatic carbocycles. The Hall–Kier alpha value is -2.59. The van der Waals surface area contributed by atoms with Crippen LogP contribution in [-0.4, -0.2) is 21.9 Å². The first-order valence-corrected chi connectivity index (χ1v) is 8.98. The van der Waals surface area contributed by atoms with Gasteiger partial charge in [0.1, 0.15) is 5.82 Å². The zero-order chi connectivity index (χ0) is 20.3. The molecule has 0 spiro atoms. The maximum absolute atomic E-state index is 13.7. The molecule has 3 rings (SSSR count). The van der Waals surface area contributed by atoms with Crippen molar-refractivity contribution in [2.45, 2.75) is 11.4 Å². The number of hydrogen-bond acceptors (Lipinski definition) is 5. The van der Waals surface area contributed by atoms with E-state index >= 15 is 0 Å². The first kappa shape index (κ1) is 20.2. The van der Waals surface area contributed by atoms with Crippen LogP contribution in [0.15, 0.2) is 52.1 Å². The molecule has 11 heteroatoms. The maximum Gasteiger partial charge on any atom is 0.417 e. The Labute approximate surface area is 165 Å². The van der Waals surface area contributed by atoms with Crippen molar-refractivity contribution in [2.24, 2.45) is 0 Å². The first-order valence-electron chi connectivity index (χ1n) is 7.62. The third kappa shape index (κ3) is 4.82. The molecule has 1 N–H and O–H groups in total. The summed E-state index contributed by atoms with van der Waals surface area (Å²) in [4.78, 5) is 12.0. The van der Waals surface area contributed by atoms with Crippen LogP contribution in [0.5, 0.6) is 0 Å². The summed E-state index contributed by atoms with van der Waals surface area (Å²) in [6.07, 6.45) is -4.64. The Bertz CT molecular complexity index is 1010. The zero-order valence-electron chi connectivity index (χ0n) is 13.8. The number of benzene rings is 2. The Balaban J connectivity index is 1.62. The Morgan fingerprint density at radius 1 is 1.18 bits per heavy atom. The van der Waals surface area contributed by atoms with Crippen LogP contribution in [0, 0.1) is 5.82 Å². The monoisotopic (exact) mass is 431 g/mol. The summed E-state index contributed by atoms with van der Waals surface area (Å²) < 4.78 is 57.5. The molecule has 0 saturated heterocycles. The van der Waals surface area contributed by atoms with Gasteiger partial charge in [0.05, 0.1) is 21.9 Å². The van der Waals surface area contributed by atoms with Crippen LogP contribution in [0.2, 0.25) is 5.02 Å². The number of hydrogen-bond donors (Lipinski definition) is 1. The van der Waals surface area contributed by atoms with Crippen LogP contribution in [0.4, 0.5) is 23.2 Å². The van der Waals surface area contributed by atoms with Gasteiger partial charge < -0.3 is 9.73 Å². The fourth-order valence-electron chi connectivity index (χ4n) is 2.16. The van der Waals surface area contributed by atoms with Crippen molar-refractivity contribution in [1.82, 2.24) is 10.2 Å². The van der Waals surface area contributed by atoms with Gasteiger partial charge in [0.15, 0.2) is 0 Å². The van der Waals surface area contributed by atoms with Crippen molar-refractivity contribution in [3.05, 3.63) is 58.9 Å². The second kappa shape index (κ2) is 8.19. The Morgan fingerprint density at radius 3 is 2.64 bits per heavy atom. The normalized spacial score (nSPS) is 11.5. The summed E-state index contributed by atoms with van der Waals surface area (Å²) in [7, 11) is 0. The van der Waals surface area contributed by atoms with Crippen LogP contribution in [0.25, 0.3) is 11.5 Å². The molecule has 0 aliphatic heterocycles. The largest absolute Gasteiger partial charge is 0.417 e. The number of carbonyl (C=O) groups excluding carboxylic acids is 1. The molecule has 1 heterocycles. The molecule has 0 unspecified atom stereocenters. The van der Waals surface area contributed by atoms with Crippen molar-refractivity contribution in [3.8, 4) is 11.5 Å². The molecule has 1 aromatic heterocycles. The predicted octanol–water partition coefficient (Wildman–Crippen LogP) is 5.28. The third-order valence-electron chi connectivity index (χ3n) is 3.39. The van der Waals surface area contributed by atoms with Gasteiger partial charge in [0.2, 0.25) is 5.91 Å². The van der Waals surface area contributed by atoms with E-state index in [1.807, 2.05) is 0 Å². The lowest BCUT2D eigenvalue weighted by Gasteiger charge is -2.11. The highest BCUT2D eigenvalue weighted by atomic mass is 35.5. The average Bonchev–Trinajstić information content (AvgIpc) is 3.10. The van der Waals surface area contributed by atoms with Crippen molar-refractivity contribution in [3.63, 3.8) is 0 Å². The fourth-order valence-corrected chi connectivity index (χ4v) is 2.94. The van der Waals surface area contributed by atoms with E-state index < -0.39 is 28.5 Å². The van der Waals surface area contributed by atoms with E-state index in [0.717, 1.165) is 23.9 Å². The van der Waals surface area contributed by atoms with Gasteiger partial charge in [0.25, 0.3) is 11.1 Å². The molecule has 0 saturated carbocycles. The Kier molecular flexibility index (Phi) is 5.90. The average molecular weight is 432 g/mol. The number of carbonyl (C=O) groups is 1. The van der Waals surface area contributed by atoms with Crippen LogP contribution in [-0.2, 0) is 11.0 Å². The van der Waals surface area contributed by atoms with Crippen molar-refractivity contribution in [1.29, 1.82) is 0 Å². The fraction of sp³-hybridized carbons (Fsp3) is 0.118. The number of rotatable bonds is 5. The minimum Gasteiger partial charge on any atom is -0.411 e. The van der Waals surface area contributed by atoms with Crippen molar-refractivity contribution >= 4 is 35.0 Å². The lowest BCUT2D eigenvalue weighted by molar-refractivity contribution is -0.137. The summed E-state index contributed by atoms with van der Waals surface area (Å²) in [6, 6.07) is 8.85. The molecule has 0 bridgehead atoms. The number of halogens is 5. The Morgan fingerprint density at radius 2 is 1.93 bits per heavy atom. The highest BCUT2D eigenvalue weighted by molar-refractivity contribution is 7.99. The molecule has 0 atom stereocenters. The molecule has 5 nitrogen and oxygen atoms in total. The predicted molar refractivity (Wildman–Crippen MR) is 95.5 cm³/mol. The second-order valence-electron chi connectivity index (χ2n) is 5.38. The number of anilines is 1. The second-order valence-corrected chi connectivity index (χ2v) is 6.72. The van der Waals surface area contributed by atoms with Gasteiger partial charge in [-0.25, -0.2) is 4.39 Å². The SMILES string of the molecule is O=C(CSc1nnc(-c2ccccc2F)o1)Nc1ccc(Cl)c(C(F)(F)F)c1. The number of thioether (sulfide) groups is 1. The van der Waals surface area contributed by atoms with Crippen LogP contribution >= 0.6 is 23.4 Å². The molecule has 28 heavy (non-hydrogen) atoms. The summed E-state index contributed by atoms with van der Waals surface area (Å²) in [5.41, 5.74) is -0.988. The highest BCUT2D eigenvalue weighted by Gasteiger charge is 2.33. The quantitative estimate of drug-likeness (QED) is 0.440. The van der Waals surface area contributed by atoms with Gasteiger partial charge in [-0.1, -0.05) is 35.5 Å². The summed E-state index contributed by atoms with van der Waals surface area (Å²) >= 11 is 6.39. The molecule has 0 aliphatic rings. The van der Waals surface area contributed by atoms with Crippen LogP contribution in [0.1, 0.15) is 5.56 Å². The number of alkyl halides is 3. The number of amides is 1. The van der Waals surface area contributed by atoms with Gasteiger partial charge in [-0.3, -0.25) is 4.79 Å². The smallest absolute Gasteiger partial charge is 0.411 e. The molecule has 3 aromatic rings. The van der Waals surface area contributed by atoms with E-state index in [1.54, 1.807) is 6.07 Å². The van der Waals surface area contributed by atoms with E-state index in [-0.39, 0.29) is 28.1 Å². The molecule has 1 amide bonds. The van der Waals surface area contributed by atoms with Crippen LogP contribution < -0.4 is 5.32 Å². The number of nitrogens with zero attached hydrogens (tertiary/aromatic N) is 2. The van der Waals surface area contributed by atoms with E-state index in [0.29, 0.717) is 0 Å². The summed E-state index contributed by atoms with van der Waals surface area (Å²) in [5.74, 6) is -1.38. The van der Waals surface area contributed by atoms with Gasteiger partial charge >= 0.3 is 6.18 Å². The first-order chi connectivity index (χ1) is 13.2. The van der Waals surface area contributed by atoms with Crippen molar-refractivity contribution in [2.75, 3.05) is 11.1 Å².